The predicted molar refractivity (Wildman–Crippen MR) is 126 cm³/mol. The van der Waals surface area contributed by atoms with Crippen molar-refractivity contribution in [3.8, 4) is 28.7 Å². The van der Waals surface area contributed by atoms with Gasteiger partial charge in [0, 0.05) is 23.3 Å². The topological polar surface area (TPSA) is 132 Å². The van der Waals surface area contributed by atoms with E-state index in [2.05, 4.69) is 25.5 Å². The van der Waals surface area contributed by atoms with Gasteiger partial charge in [-0.1, -0.05) is 35.5 Å². The largest absolute Gasteiger partial charge is 0.463 e. The smallest absolute Gasteiger partial charge is 0.279 e. The van der Waals surface area contributed by atoms with Gasteiger partial charge < -0.3 is 14.3 Å². The van der Waals surface area contributed by atoms with E-state index in [-0.39, 0.29) is 17.2 Å². The van der Waals surface area contributed by atoms with Gasteiger partial charge in [-0.2, -0.15) is 9.78 Å². The molecule has 0 radical (unpaired) electrons. The van der Waals surface area contributed by atoms with Gasteiger partial charge in [-0.3, -0.25) is 14.6 Å². The minimum Gasteiger partial charge on any atom is -0.463 e. The van der Waals surface area contributed by atoms with E-state index in [1.54, 1.807) is 24.3 Å². The first-order valence-corrected chi connectivity index (χ1v) is 11.3. The molecular weight excluding hydrogens is 448 g/mol. The van der Waals surface area contributed by atoms with Gasteiger partial charge in [-0.05, 0) is 37.8 Å². The number of aryl methyl sites for hydroxylation is 1. The molecule has 35 heavy (non-hydrogen) atoms. The summed E-state index contributed by atoms with van der Waals surface area (Å²) in [6.45, 7) is 0. The number of H-pyrrole nitrogens is 1. The number of nitrogens with zero attached hydrogens (tertiary/aromatic N) is 4. The van der Waals surface area contributed by atoms with Gasteiger partial charge in [0.1, 0.15) is 11.5 Å². The van der Waals surface area contributed by atoms with Gasteiger partial charge in [-0.25, -0.2) is 4.98 Å². The quantitative estimate of drug-likeness (QED) is 0.398. The lowest BCUT2D eigenvalue weighted by molar-refractivity contribution is 0.101. The van der Waals surface area contributed by atoms with Crippen LogP contribution in [0.4, 0.5) is 5.82 Å². The fraction of sp³-hybridized carbons (Fsp3) is 0.160. The third kappa shape index (κ3) is 3.95. The molecule has 4 heterocycles. The van der Waals surface area contributed by atoms with Crippen LogP contribution in [0.15, 0.2) is 74.6 Å². The van der Waals surface area contributed by atoms with Crippen molar-refractivity contribution in [2.75, 3.05) is 5.32 Å². The summed E-state index contributed by atoms with van der Waals surface area (Å²) in [6, 6.07) is 16.1. The number of benzene rings is 1. The number of hydrogen-bond acceptors (Lipinski definition) is 7. The maximum absolute atomic E-state index is 13.0. The van der Waals surface area contributed by atoms with Crippen molar-refractivity contribution in [2.24, 2.45) is 0 Å². The Morgan fingerprint density at radius 3 is 2.71 bits per heavy atom. The Morgan fingerprint density at radius 1 is 1.03 bits per heavy atom. The van der Waals surface area contributed by atoms with E-state index in [0.29, 0.717) is 35.0 Å². The molecule has 174 valence electrons. The van der Waals surface area contributed by atoms with E-state index in [0.717, 1.165) is 30.5 Å². The zero-order valence-corrected chi connectivity index (χ0v) is 18.5. The molecule has 10 heteroatoms. The van der Waals surface area contributed by atoms with Crippen molar-refractivity contribution in [3.05, 3.63) is 88.2 Å². The average molecular weight is 468 g/mol. The number of fused-ring (bicyclic) bond motifs is 1. The molecule has 0 spiro atoms. The van der Waals surface area contributed by atoms with Crippen LogP contribution in [-0.4, -0.2) is 30.8 Å². The summed E-state index contributed by atoms with van der Waals surface area (Å²) in [7, 11) is 0. The second-order valence-corrected chi connectivity index (χ2v) is 8.22. The van der Waals surface area contributed by atoms with Crippen LogP contribution >= 0.6 is 0 Å². The molecule has 5 aromatic rings. The van der Waals surface area contributed by atoms with Crippen LogP contribution in [0.2, 0.25) is 0 Å². The van der Waals surface area contributed by atoms with Gasteiger partial charge in [0.15, 0.2) is 17.2 Å². The molecule has 1 aliphatic carbocycles. The summed E-state index contributed by atoms with van der Waals surface area (Å²) < 4.78 is 12.2. The Balaban J connectivity index is 1.37. The summed E-state index contributed by atoms with van der Waals surface area (Å²) in [5, 5.41) is 11.3. The first-order chi connectivity index (χ1) is 17.2. The molecule has 0 bridgehead atoms. The zero-order valence-electron chi connectivity index (χ0n) is 18.5. The monoisotopic (exact) mass is 468 g/mol. The van der Waals surface area contributed by atoms with Crippen LogP contribution in [-0.2, 0) is 12.8 Å². The molecule has 1 aromatic carbocycles. The fourth-order valence-electron chi connectivity index (χ4n) is 4.17. The molecule has 6 rings (SSSR count). The summed E-state index contributed by atoms with van der Waals surface area (Å²) in [5.41, 5.74) is 2.64. The number of anilines is 1. The molecule has 0 saturated heterocycles. The maximum atomic E-state index is 13.0. The number of aromatic amines is 1. The molecule has 10 nitrogen and oxygen atoms in total. The SMILES string of the molecule is O=C(Nc1cc(-c2ccco2)nn1-c1nc2c(c(=O)[nH]1)CCCC2)c1cc(-c2ccccc2)on1. The molecule has 1 aliphatic rings. The normalized spacial score (nSPS) is 12.9. The van der Waals surface area contributed by atoms with E-state index in [1.807, 2.05) is 30.3 Å². The van der Waals surface area contributed by atoms with Gasteiger partial charge in [0.25, 0.3) is 11.5 Å². The minimum atomic E-state index is -0.497. The Labute approximate surface area is 198 Å². The second kappa shape index (κ2) is 8.56. The van der Waals surface area contributed by atoms with Crippen molar-refractivity contribution in [1.82, 2.24) is 24.9 Å². The highest BCUT2D eigenvalue weighted by atomic mass is 16.5. The number of carbonyl (C=O) groups excluding carboxylic acids is 1. The highest BCUT2D eigenvalue weighted by Crippen LogP contribution is 2.26. The standard InChI is InChI=1S/C25H20N6O4/c32-23-16-9-4-5-10-17(16)26-25(28-23)31-22(14-18(29-31)20-11-6-12-34-20)27-24(33)19-13-21(35-30-19)15-7-2-1-3-8-15/h1-3,6-8,11-14H,4-5,9-10H2,(H,27,33)(H,26,28,32). The van der Waals surface area contributed by atoms with E-state index < -0.39 is 5.91 Å². The molecular formula is C25H20N6O4. The van der Waals surface area contributed by atoms with Crippen molar-refractivity contribution >= 4 is 11.7 Å². The van der Waals surface area contributed by atoms with E-state index in [9.17, 15) is 9.59 Å². The fourth-order valence-corrected chi connectivity index (χ4v) is 4.17. The van der Waals surface area contributed by atoms with Crippen LogP contribution < -0.4 is 10.9 Å². The molecule has 0 saturated carbocycles. The molecule has 0 atom stereocenters. The summed E-state index contributed by atoms with van der Waals surface area (Å²) in [4.78, 5) is 33.2. The first kappa shape index (κ1) is 20.8. The van der Waals surface area contributed by atoms with Gasteiger partial charge in [-0.15, -0.1) is 0 Å². The lowest BCUT2D eigenvalue weighted by Gasteiger charge is -2.15. The molecule has 0 fully saturated rings. The highest BCUT2D eigenvalue weighted by Gasteiger charge is 2.22. The number of furan rings is 1. The van der Waals surface area contributed by atoms with Crippen LogP contribution in [0.25, 0.3) is 28.7 Å². The number of aromatic nitrogens is 5. The third-order valence-corrected chi connectivity index (χ3v) is 5.91. The van der Waals surface area contributed by atoms with Gasteiger partial charge in [0.2, 0.25) is 5.95 Å². The van der Waals surface area contributed by atoms with Crippen molar-refractivity contribution in [2.45, 2.75) is 25.7 Å². The van der Waals surface area contributed by atoms with Crippen LogP contribution in [0.3, 0.4) is 0 Å². The van der Waals surface area contributed by atoms with E-state index in [4.69, 9.17) is 8.94 Å². The van der Waals surface area contributed by atoms with Crippen LogP contribution in [0, 0.1) is 0 Å². The van der Waals surface area contributed by atoms with E-state index in [1.165, 1.54) is 10.9 Å². The summed E-state index contributed by atoms with van der Waals surface area (Å²) in [5.74, 6) is 0.996. The van der Waals surface area contributed by atoms with Gasteiger partial charge in [0.05, 0.1) is 12.0 Å². The Kier molecular flexibility index (Phi) is 5.10. The number of carbonyl (C=O) groups is 1. The third-order valence-electron chi connectivity index (χ3n) is 5.91. The predicted octanol–water partition coefficient (Wildman–Crippen LogP) is 4.00. The van der Waals surface area contributed by atoms with Crippen LogP contribution in [0.1, 0.15) is 34.6 Å². The number of rotatable bonds is 5. The first-order valence-electron chi connectivity index (χ1n) is 11.3. The van der Waals surface area contributed by atoms with Crippen molar-refractivity contribution in [3.63, 3.8) is 0 Å². The van der Waals surface area contributed by atoms with Crippen molar-refractivity contribution < 1.29 is 13.7 Å². The molecule has 2 N–H and O–H groups in total. The molecule has 0 aliphatic heterocycles. The minimum absolute atomic E-state index is 0.100. The lowest BCUT2D eigenvalue weighted by atomic mass is 9.97. The molecule has 4 aromatic heterocycles. The van der Waals surface area contributed by atoms with Crippen molar-refractivity contribution in [1.29, 1.82) is 0 Å². The molecule has 0 unspecified atom stereocenters. The summed E-state index contributed by atoms with van der Waals surface area (Å²) in [6.07, 6.45) is 4.90. The summed E-state index contributed by atoms with van der Waals surface area (Å²) >= 11 is 0. The number of hydrogen-bond donors (Lipinski definition) is 2. The zero-order chi connectivity index (χ0) is 23.8. The Morgan fingerprint density at radius 2 is 1.89 bits per heavy atom. The lowest BCUT2D eigenvalue weighted by Crippen LogP contribution is -2.24. The van der Waals surface area contributed by atoms with E-state index >= 15 is 0 Å². The number of amides is 1. The number of nitrogens with one attached hydrogen (secondary N) is 2. The van der Waals surface area contributed by atoms with Gasteiger partial charge >= 0.3 is 0 Å². The maximum Gasteiger partial charge on any atom is 0.279 e. The second-order valence-electron chi connectivity index (χ2n) is 8.22. The Hall–Kier alpha value is -4.73. The molecule has 1 amide bonds. The van der Waals surface area contributed by atoms with Crippen LogP contribution in [0.5, 0.6) is 0 Å². The Bertz CT molecular complexity index is 1560. The highest BCUT2D eigenvalue weighted by molar-refractivity contribution is 6.03. The average Bonchev–Trinajstić information content (AvgIpc) is 3.65.